The number of guanidine groups is 1. The van der Waals surface area contributed by atoms with E-state index in [9.17, 15) is 0 Å². The normalized spacial score (nSPS) is 24.9. The van der Waals surface area contributed by atoms with E-state index in [1.54, 1.807) is 0 Å². The van der Waals surface area contributed by atoms with Crippen LogP contribution in [0.5, 0.6) is 0 Å². The molecule has 0 saturated carbocycles. The molecule has 0 aromatic rings. The van der Waals surface area contributed by atoms with Crippen LogP contribution in [-0.2, 0) is 4.74 Å². The summed E-state index contributed by atoms with van der Waals surface area (Å²) in [6.45, 7) is 14.5. The summed E-state index contributed by atoms with van der Waals surface area (Å²) in [6.07, 6.45) is 1.24. The smallest absolute Gasteiger partial charge is 0.194 e. The van der Waals surface area contributed by atoms with Gasteiger partial charge >= 0.3 is 0 Å². The van der Waals surface area contributed by atoms with E-state index in [-0.39, 0.29) is 24.0 Å². The zero-order valence-electron chi connectivity index (χ0n) is 14.8. The molecule has 2 aliphatic heterocycles. The number of rotatable bonds is 5. The second-order valence-electron chi connectivity index (χ2n) is 6.04. The van der Waals surface area contributed by atoms with Crippen molar-refractivity contribution in [1.29, 1.82) is 0 Å². The highest BCUT2D eigenvalue weighted by molar-refractivity contribution is 14.0. The number of nitrogens with one attached hydrogen (secondary N) is 1. The second-order valence-corrected chi connectivity index (χ2v) is 7.45. The number of ether oxygens (including phenoxy) is 1. The van der Waals surface area contributed by atoms with Gasteiger partial charge in [-0.05, 0) is 20.3 Å². The number of hydrogen-bond donors (Lipinski definition) is 1. The van der Waals surface area contributed by atoms with Crippen molar-refractivity contribution in [1.82, 2.24) is 15.1 Å². The Bertz CT molecular complexity index is 353. The second kappa shape index (κ2) is 11.8. The van der Waals surface area contributed by atoms with E-state index < -0.39 is 0 Å². The Labute approximate surface area is 163 Å². The van der Waals surface area contributed by atoms with Crippen molar-refractivity contribution < 1.29 is 4.74 Å². The largest absolute Gasteiger partial charge is 0.379 e. The van der Waals surface area contributed by atoms with Crippen molar-refractivity contribution >= 4 is 41.7 Å². The van der Waals surface area contributed by atoms with Crippen LogP contribution in [0.3, 0.4) is 0 Å². The van der Waals surface area contributed by atoms with Crippen molar-refractivity contribution in [2.45, 2.75) is 38.5 Å². The van der Waals surface area contributed by atoms with Gasteiger partial charge in [0.15, 0.2) is 5.96 Å². The number of morpholine rings is 1. The van der Waals surface area contributed by atoms with E-state index in [2.05, 4.69) is 47.6 Å². The number of aliphatic imine (C=N–C) groups is 1. The summed E-state index contributed by atoms with van der Waals surface area (Å²) in [5, 5.41) is 4.22. The van der Waals surface area contributed by atoms with Crippen molar-refractivity contribution in [2.75, 3.05) is 58.2 Å². The average molecular weight is 456 g/mol. The van der Waals surface area contributed by atoms with E-state index in [1.807, 2.05) is 0 Å². The number of thioether (sulfide) groups is 1. The van der Waals surface area contributed by atoms with Crippen LogP contribution in [0.25, 0.3) is 0 Å². The summed E-state index contributed by atoms with van der Waals surface area (Å²) in [5.74, 6) is 2.31. The highest BCUT2D eigenvalue weighted by Gasteiger charge is 2.22. The highest BCUT2D eigenvalue weighted by Crippen LogP contribution is 2.21. The molecule has 2 fully saturated rings. The average Bonchev–Trinajstić information content (AvgIpc) is 2.59. The standard InChI is InChI=1S/C16H32N4OS.HI/c1-4-15-13-20(8-11-22-15)16(17-5-2)18-12-14(3)19-6-9-21-10-7-19;/h14-15H,4-13H2,1-3H3,(H,17,18);1H. The third-order valence-electron chi connectivity index (χ3n) is 4.40. The topological polar surface area (TPSA) is 40.1 Å². The van der Waals surface area contributed by atoms with Crippen LogP contribution in [0.15, 0.2) is 4.99 Å². The molecule has 2 unspecified atom stereocenters. The van der Waals surface area contributed by atoms with Gasteiger partial charge in [-0.1, -0.05) is 6.92 Å². The third kappa shape index (κ3) is 6.96. The van der Waals surface area contributed by atoms with Gasteiger partial charge in [0.05, 0.1) is 19.8 Å². The summed E-state index contributed by atoms with van der Waals surface area (Å²) in [4.78, 5) is 9.85. The van der Waals surface area contributed by atoms with Crippen LogP contribution >= 0.6 is 35.7 Å². The Hall–Kier alpha value is 0.270. The summed E-state index contributed by atoms with van der Waals surface area (Å²) in [7, 11) is 0. The maximum absolute atomic E-state index is 5.43. The zero-order chi connectivity index (χ0) is 15.8. The van der Waals surface area contributed by atoms with Gasteiger partial charge in [-0.15, -0.1) is 24.0 Å². The summed E-state index contributed by atoms with van der Waals surface area (Å²) in [5.41, 5.74) is 0. The molecular formula is C16H33IN4OS. The lowest BCUT2D eigenvalue weighted by atomic mass is 10.2. The first-order chi connectivity index (χ1) is 10.7. The van der Waals surface area contributed by atoms with E-state index in [1.165, 1.54) is 12.2 Å². The molecule has 2 aliphatic rings. The van der Waals surface area contributed by atoms with E-state index in [0.717, 1.165) is 63.7 Å². The van der Waals surface area contributed by atoms with Gasteiger partial charge in [0, 0.05) is 49.8 Å². The first-order valence-corrected chi connectivity index (χ1v) is 9.76. The molecule has 0 spiro atoms. The Kier molecular flexibility index (Phi) is 10.9. The van der Waals surface area contributed by atoms with Crippen molar-refractivity contribution in [3.05, 3.63) is 0 Å². The monoisotopic (exact) mass is 456 g/mol. The van der Waals surface area contributed by atoms with Crippen molar-refractivity contribution in [2.24, 2.45) is 4.99 Å². The lowest BCUT2D eigenvalue weighted by Gasteiger charge is -2.35. The van der Waals surface area contributed by atoms with Gasteiger partial charge < -0.3 is 15.0 Å². The molecule has 0 radical (unpaired) electrons. The molecule has 7 heteroatoms. The van der Waals surface area contributed by atoms with Gasteiger partial charge in [0.1, 0.15) is 0 Å². The van der Waals surface area contributed by atoms with Gasteiger partial charge in [-0.2, -0.15) is 11.8 Å². The molecule has 2 heterocycles. The Morgan fingerprint density at radius 1 is 1.30 bits per heavy atom. The van der Waals surface area contributed by atoms with Crippen LogP contribution in [0, 0.1) is 0 Å². The number of hydrogen-bond acceptors (Lipinski definition) is 4. The minimum absolute atomic E-state index is 0. The molecule has 5 nitrogen and oxygen atoms in total. The first-order valence-electron chi connectivity index (χ1n) is 8.71. The summed E-state index contributed by atoms with van der Waals surface area (Å²) in [6, 6.07) is 0.485. The van der Waals surface area contributed by atoms with E-state index in [4.69, 9.17) is 9.73 Å². The van der Waals surface area contributed by atoms with Gasteiger partial charge in [0.25, 0.3) is 0 Å². The SMILES string of the molecule is CCNC(=NCC(C)N1CCOCC1)N1CCSC(CC)C1.I. The highest BCUT2D eigenvalue weighted by atomic mass is 127. The minimum atomic E-state index is 0. The van der Waals surface area contributed by atoms with Crippen molar-refractivity contribution in [3.63, 3.8) is 0 Å². The number of nitrogens with zero attached hydrogens (tertiary/aromatic N) is 3. The Morgan fingerprint density at radius 3 is 2.70 bits per heavy atom. The maximum atomic E-state index is 5.43. The molecule has 2 atom stereocenters. The van der Waals surface area contributed by atoms with Crippen LogP contribution in [0.2, 0.25) is 0 Å². The first kappa shape index (κ1) is 21.3. The fraction of sp³-hybridized carbons (Fsp3) is 0.938. The van der Waals surface area contributed by atoms with Gasteiger partial charge in [0.2, 0.25) is 0 Å². The maximum Gasteiger partial charge on any atom is 0.194 e. The molecule has 0 bridgehead atoms. The fourth-order valence-corrected chi connectivity index (χ4v) is 4.12. The van der Waals surface area contributed by atoms with Crippen LogP contribution in [0.4, 0.5) is 0 Å². The molecule has 1 N–H and O–H groups in total. The van der Waals surface area contributed by atoms with Gasteiger partial charge in [-0.25, -0.2) is 0 Å². The lowest BCUT2D eigenvalue weighted by Crippen LogP contribution is -2.49. The number of halogens is 1. The molecule has 2 saturated heterocycles. The van der Waals surface area contributed by atoms with Crippen LogP contribution in [0.1, 0.15) is 27.2 Å². The minimum Gasteiger partial charge on any atom is -0.379 e. The predicted octanol–water partition coefficient (Wildman–Crippen LogP) is 2.12. The molecule has 0 aromatic carbocycles. The molecule has 2 rings (SSSR count). The molecule has 136 valence electrons. The molecule has 0 amide bonds. The lowest BCUT2D eigenvalue weighted by molar-refractivity contribution is 0.0220. The molecular weight excluding hydrogens is 423 g/mol. The van der Waals surface area contributed by atoms with Crippen molar-refractivity contribution in [3.8, 4) is 0 Å². The van der Waals surface area contributed by atoms with E-state index >= 15 is 0 Å². The molecule has 0 aliphatic carbocycles. The summed E-state index contributed by atoms with van der Waals surface area (Å²) >= 11 is 2.10. The van der Waals surface area contributed by atoms with Crippen LogP contribution in [-0.4, -0.2) is 85.3 Å². The predicted molar refractivity (Wildman–Crippen MR) is 111 cm³/mol. The van der Waals surface area contributed by atoms with Crippen LogP contribution < -0.4 is 5.32 Å². The molecule has 0 aromatic heterocycles. The molecule has 23 heavy (non-hydrogen) atoms. The summed E-state index contributed by atoms with van der Waals surface area (Å²) < 4.78 is 5.43. The van der Waals surface area contributed by atoms with Gasteiger partial charge in [-0.3, -0.25) is 9.89 Å². The Morgan fingerprint density at radius 2 is 2.04 bits per heavy atom. The quantitative estimate of drug-likeness (QED) is 0.390. The zero-order valence-corrected chi connectivity index (χ0v) is 17.9. The fourth-order valence-electron chi connectivity index (χ4n) is 2.94. The third-order valence-corrected chi connectivity index (χ3v) is 5.77. The Balaban J connectivity index is 0.00000264. The van der Waals surface area contributed by atoms with E-state index in [0.29, 0.717) is 6.04 Å².